The largest absolute Gasteiger partial charge is 0.496 e. The number of rotatable bonds is 5. The van der Waals surface area contributed by atoms with Crippen LogP contribution in [0.1, 0.15) is 21.3 Å². The van der Waals surface area contributed by atoms with Crippen LogP contribution in [0.15, 0.2) is 23.8 Å². The Balaban J connectivity index is 2.16. The number of hydrogen-bond donors (Lipinski definition) is 2. The molecule has 0 saturated heterocycles. The smallest absolute Gasteiger partial charge is 0.331 e. The monoisotopic (exact) mass is 295 g/mol. The van der Waals surface area contributed by atoms with Crippen LogP contribution in [0.4, 0.5) is 0 Å². The first-order chi connectivity index (χ1) is 9.51. The molecule has 1 unspecified atom stereocenters. The molecule has 1 amide bonds. The lowest BCUT2D eigenvalue weighted by Gasteiger charge is -2.11. The van der Waals surface area contributed by atoms with Crippen molar-refractivity contribution in [3.63, 3.8) is 0 Å². The highest BCUT2D eigenvalue weighted by molar-refractivity contribution is 7.12. The van der Waals surface area contributed by atoms with E-state index in [4.69, 9.17) is 4.74 Å². The first-order valence-corrected chi connectivity index (χ1v) is 6.54. The van der Waals surface area contributed by atoms with Crippen LogP contribution in [0.3, 0.4) is 0 Å². The van der Waals surface area contributed by atoms with Crippen molar-refractivity contribution < 1.29 is 19.4 Å². The van der Waals surface area contributed by atoms with Crippen LogP contribution in [-0.4, -0.2) is 33.9 Å². The van der Waals surface area contributed by atoms with E-state index in [1.54, 1.807) is 24.7 Å². The molecule has 0 radical (unpaired) electrons. The molecule has 20 heavy (non-hydrogen) atoms. The van der Waals surface area contributed by atoms with Crippen molar-refractivity contribution in [3.05, 3.63) is 34.3 Å². The molecule has 7 nitrogen and oxygen atoms in total. The maximum absolute atomic E-state index is 12.0. The summed E-state index contributed by atoms with van der Waals surface area (Å²) in [5.74, 6) is -1.04. The van der Waals surface area contributed by atoms with E-state index < -0.39 is 17.9 Å². The first kappa shape index (κ1) is 14.1. The van der Waals surface area contributed by atoms with Crippen LogP contribution >= 0.6 is 11.3 Å². The predicted molar refractivity (Wildman–Crippen MR) is 71.9 cm³/mol. The number of nitrogens with zero attached hydrogens (tertiary/aromatic N) is 2. The summed E-state index contributed by atoms with van der Waals surface area (Å²) in [6.45, 7) is 0. The van der Waals surface area contributed by atoms with E-state index in [0.717, 1.165) is 0 Å². The summed E-state index contributed by atoms with van der Waals surface area (Å²) in [6.07, 6.45) is 2.96. The van der Waals surface area contributed by atoms with Gasteiger partial charge in [0.15, 0.2) is 6.04 Å². The number of ether oxygens (including phenoxy) is 1. The van der Waals surface area contributed by atoms with Gasteiger partial charge in [-0.25, -0.2) is 4.79 Å². The van der Waals surface area contributed by atoms with Crippen molar-refractivity contribution in [1.29, 1.82) is 0 Å². The molecular weight excluding hydrogens is 282 g/mol. The molecule has 2 aromatic heterocycles. The molecule has 0 saturated carbocycles. The molecule has 0 spiro atoms. The minimum absolute atomic E-state index is 0.386. The molecule has 2 N–H and O–H groups in total. The summed E-state index contributed by atoms with van der Waals surface area (Å²) < 4.78 is 6.46. The molecule has 8 heteroatoms. The minimum Gasteiger partial charge on any atom is -0.496 e. The van der Waals surface area contributed by atoms with E-state index >= 15 is 0 Å². The number of thiophene rings is 1. The average molecular weight is 295 g/mol. The number of amides is 1. The molecule has 106 valence electrons. The van der Waals surface area contributed by atoms with Crippen molar-refractivity contribution in [2.45, 2.75) is 6.04 Å². The molecule has 0 aliphatic rings. The van der Waals surface area contributed by atoms with Crippen molar-refractivity contribution in [2.75, 3.05) is 7.11 Å². The molecule has 0 aromatic carbocycles. The number of carbonyl (C=O) groups is 2. The SMILES string of the molecule is COc1csc(C(=O)NC(C(=O)O)c2cnn(C)c2)c1. The number of carboxylic acid groups (broad SMARTS) is 1. The van der Waals surface area contributed by atoms with Crippen LogP contribution in [0.5, 0.6) is 5.75 Å². The number of carboxylic acids is 1. The highest BCUT2D eigenvalue weighted by Crippen LogP contribution is 2.22. The summed E-state index contributed by atoms with van der Waals surface area (Å²) in [4.78, 5) is 23.7. The molecule has 0 fully saturated rings. The maximum Gasteiger partial charge on any atom is 0.331 e. The van der Waals surface area contributed by atoms with Gasteiger partial charge in [-0.05, 0) is 0 Å². The third kappa shape index (κ3) is 2.97. The Labute approximate surface area is 118 Å². The van der Waals surface area contributed by atoms with E-state index in [2.05, 4.69) is 10.4 Å². The number of aromatic nitrogens is 2. The van der Waals surface area contributed by atoms with Crippen LogP contribution < -0.4 is 10.1 Å². The summed E-state index contributed by atoms with van der Waals surface area (Å²) in [7, 11) is 3.17. The summed E-state index contributed by atoms with van der Waals surface area (Å²) in [5, 5.41) is 17.3. The molecule has 0 bridgehead atoms. The number of hydrogen-bond acceptors (Lipinski definition) is 5. The van der Waals surface area contributed by atoms with Gasteiger partial charge in [-0.3, -0.25) is 9.48 Å². The van der Waals surface area contributed by atoms with Crippen LogP contribution in [0, 0.1) is 0 Å². The fraction of sp³-hybridized carbons (Fsp3) is 0.250. The molecule has 0 aliphatic carbocycles. The number of nitrogens with one attached hydrogen (secondary N) is 1. The summed E-state index contributed by atoms with van der Waals surface area (Å²) in [5.41, 5.74) is 0.414. The zero-order valence-corrected chi connectivity index (χ0v) is 11.7. The topological polar surface area (TPSA) is 93.4 Å². The zero-order chi connectivity index (χ0) is 14.7. The van der Waals surface area contributed by atoms with E-state index in [0.29, 0.717) is 16.2 Å². The van der Waals surface area contributed by atoms with E-state index in [9.17, 15) is 14.7 Å². The van der Waals surface area contributed by atoms with Gasteiger partial charge < -0.3 is 15.2 Å². The van der Waals surface area contributed by atoms with Crippen LogP contribution in [0.2, 0.25) is 0 Å². The van der Waals surface area contributed by atoms with Gasteiger partial charge in [0, 0.05) is 30.3 Å². The van der Waals surface area contributed by atoms with Crippen molar-refractivity contribution in [2.24, 2.45) is 7.05 Å². The first-order valence-electron chi connectivity index (χ1n) is 5.66. The Morgan fingerprint density at radius 2 is 2.30 bits per heavy atom. The Hall–Kier alpha value is -2.35. The van der Waals surface area contributed by atoms with Gasteiger partial charge in [-0.1, -0.05) is 0 Å². The Morgan fingerprint density at radius 3 is 2.80 bits per heavy atom. The minimum atomic E-state index is -1.14. The highest BCUT2D eigenvalue weighted by atomic mass is 32.1. The third-order valence-electron chi connectivity index (χ3n) is 2.62. The molecule has 2 rings (SSSR count). The van der Waals surface area contributed by atoms with E-state index in [1.165, 1.54) is 29.3 Å². The molecule has 2 aromatic rings. The van der Waals surface area contributed by atoms with Gasteiger partial charge >= 0.3 is 5.97 Å². The second-order valence-electron chi connectivity index (χ2n) is 4.04. The standard InChI is InChI=1S/C12H13N3O4S/c1-15-5-7(4-13-15)10(12(17)18)14-11(16)9-3-8(19-2)6-20-9/h3-6,10H,1-2H3,(H,14,16)(H,17,18). The molecule has 2 heterocycles. The Morgan fingerprint density at radius 1 is 1.55 bits per heavy atom. The van der Waals surface area contributed by atoms with Gasteiger partial charge in [0.1, 0.15) is 5.75 Å². The summed E-state index contributed by atoms with van der Waals surface area (Å²) >= 11 is 1.19. The fourth-order valence-electron chi connectivity index (χ4n) is 1.62. The lowest BCUT2D eigenvalue weighted by Crippen LogP contribution is -2.33. The fourth-order valence-corrected chi connectivity index (χ4v) is 2.38. The Bertz CT molecular complexity index is 634. The summed E-state index contributed by atoms with van der Waals surface area (Å²) in [6, 6.07) is 0.423. The quantitative estimate of drug-likeness (QED) is 0.860. The third-order valence-corrected chi connectivity index (χ3v) is 3.52. The average Bonchev–Trinajstić information content (AvgIpc) is 3.03. The second-order valence-corrected chi connectivity index (χ2v) is 4.95. The van der Waals surface area contributed by atoms with Crippen molar-refractivity contribution in [3.8, 4) is 5.75 Å². The second kappa shape index (κ2) is 5.74. The number of aliphatic carboxylic acids is 1. The number of carbonyl (C=O) groups excluding carboxylic acids is 1. The van der Waals surface area contributed by atoms with Crippen LogP contribution in [0.25, 0.3) is 0 Å². The Kier molecular flexibility index (Phi) is 4.04. The lowest BCUT2D eigenvalue weighted by molar-refractivity contribution is -0.139. The highest BCUT2D eigenvalue weighted by Gasteiger charge is 2.24. The van der Waals surface area contributed by atoms with Gasteiger partial charge in [0.05, 0.1) is 18.2 Å². The van der Waals surface area contributed by atoms with Crippen molar-refractivity contribution in [1.82, 2.24) is 15.1 Å². The maximum atomic E-state index is 12.0. The van der Waals surface area contributed by atoms with Gasteiger partial charge in [0.25, 0.3) is 5.91 Å². The normalized spacial score (nSPS) is 11.9. The van der Waals surface area contributed by atoms with E-state index in [1.807, 2.05) is 0 Å². The molecular formula is C12H13N3O4S. The van der Waals surface area contributed by atoms with Gasteiger partial charge in [0.2, 0.25) is 0 Å². The lowest BCUT2D eigenvalue weighted by atomic mass is 10.1. The molecule has 0 aliphatic heterocycles. The van der Waals surface area contributed by atoms with E-state index in [-0.39, 0.29) is 0 Å². The van der Waals surface area contributed by atoms with Crippen LogP contribution in [-0.2, 0) is 11.8 Å². The number of aryl methyl sites for hydroxylation is 1. The van der Waals surface area contributed by atoms with Gasteiger partial charge in [-0.15, -0.1) is 11.3 Å². The van der Waals surface area contributed by atoms with Crippen molar-refractivity contribution >= 4 is 23.2 Å². The predicted octanol–water partition coefficient (Wildman–Crippen LogP) is 1.05. The number of methoxy groups -OCH3 is 1. The van der Waals surface area contributed by atoms with Gasteiger partial charge in [-0.2, -0.15) is 5.10 Å². The zero-order valence-electron chi connectivity index (χ0n) is 10.9. The molecule has 1 atom stereocenters.